The van der Waals surface area contributed by atoms with E-state index in [-0.39, 0.29) is 0 Å². The van der Waals surface area contributed by atoms with E-state index >= 15 is 0 Å². The van der Waals surface area contributed by atoms with Crippen LogP contribution in [0.2, 0.25) is 0 Å². The number of rotatable bonds is 6. The molecule has 1 heterocycles. The Morgan fingerprint density at radius 2 is 2.00 bits per heavy atom. The van der Waals surface area contributed by atoms with Gasteiger partial charge in [-0.3, -0.25) is 0 Å². The Labute approximate surface area is 118 Å². The minimum Gasteiger partial charge on any atom is -0.382 e. The van der Waals surface area contributed by atoms with Crippen LogP contribution in [0.25, 0.3) is 11.1 Å². The van der Waals surface area contributed by atoms with Gasteiger partial charge in [-0.2, -0.15) is 4.37 Å². The molecule has 0 radical (unpaired) electrons. The highest BCUT2D eigenvalue weighted by Gasteiger charge is 2.12. The van der Waals surface area contributed by atoms with Crippen LogP contribution < -0.4 is 11.1 Å². The molecule has 0 spiro atoms. The van der Waals surface area contributed by atoms with Gasteiger partial charge in [0.15, 0.2) is 0 Å². The largest absolute Gasteiger partial charge is 0.382 e. The molecule has 0 fully saturated rings. The van der Waals surface area contributed by atoms with E-state index in [0.29, 0.717) is 5.82 Å². The number of nitrogens with zero attached hydrogens (tertiary/aromatic N) is 2. The molecule has 0 saturated heterocycles. The van der Waals surface area contributed by atoms with Gasteiger partial charge in [0.2, 0.25) is 0 Å². The van der Waals surface area contributed by atoms with Gasteiger partial charge in [0.05, 0.1) is 5.56 Å². The predicted molar refractivity (Wildman–Crippen MR) is 83.6 cm³/mol. The Bertz CT molecular complexity index is 507. The summed E-state index contributed by atoms with van der Waals surface area (Å²) in [6, 6.07) is 10.2. The number of nitrogens with one attached hydrogen (secondary N) is 1. The van der Waals surface area contributed by atoms with Crippen LogP contribution in [0.5, 0.6) is 0 Å². The highest BCUT2D eigenvalue weighted by molar-refractivity contribution is 7.11. The molecule has 0 bridgehead atoms. The Morgan fingerprint density at radius 3 is 2.68 bits per heavy atom. The minimum atomic E-state index is 0.603. The molecule has 2 rings (SSSR count). The second kappa shape index (κ2) is 6.54. The van der Waals surface area contributed by atoms with Gasteiger partial charge in [0, 0.05) is 6.54 Å². The summed E-state index contributed by atoms with van der Waals surface area (Å²) in [7, 11) is 4.17. The van der Waals surface area contributed by atoms with Crippen molar-refractivity contribution in [2.75, 3.05) is 38.2 Å². The fraction of sp³-hybridized carbons (Fsp3) is 0.357. The molecule has 1 aromatic carbocycles. The average molecular weight is 276 g/mol. The first-order valence-electron chi connectivity index (χ1n) is 6.37. The smallest absolute Gasteiger partial charge is 0.147 e. The van der Waals surface area contributed by atoms with Crippen LogP contribution in [0.1, 0.15) is 6.42 Å². The fourth-order valence-electron chi connectivity index (χ4n) is 1.90. The standard InChI is InChI=1S/C14H20N4S/c1-18(2)10-6-9-16-14-12(13(15)17-19-14)11-7-4-3-5-8-11/h3-5,7-8,16H,6,9-10H2,1-2H3,(H2,15,17). The van der Waals surface area contributed by atoms with Gasteiger partial charge in [-0.15, -0.1) is 0 Å². The van der Waals surface area contributed by atoms with Crippen molar-refractivity contribution in [3.05, 3.63) is 30.3 Å². The topological polar surface area (TPSA) is 54.2 Å². The van der Waals surface area contributed by atoms with Crippen LogP contribution in [0.4, 0.5) is 10.8 Å². The summed E-state index contributed by atoms with van der Waals surface area (Å²) in [6.07, 6.45) is 1.10. The normalized spacial score (nSPS) is 10.9. The lowest BCUT2D eigenvalue weighted by Crippen LogP contribution is -2.16. The van der Waals surface area contributed by atoms with Crippen molar-refractivity contribution in [2.45, 2.75) is 6.42 Å². The zero-order valence-corrected chi connectivity index (χ0v) is 12.2. The molecule has 4 nitrogen and oxygen atoms in total. The van der Waals surface area contributed by atoms with Gasteiger partial charge < -0.3 is 16.0 Å². The molecule has 0 atom stereocenters. The Hall–Kier alpha value is -1.59. The quantitative estimate of drug-likeness (QED) is 0.797. The fourth-order valence-corrected chi connectivity index (χ4v) is 2.67. The van der Waals surface area contributed by atoms with Gasteiger partial charge in [-0.25, -0.2) is 0 Å². The minimum absolute atomic E-state index is 0.603. The highest BCUT2D eigenvalue weighted by atomic mass is 32.1. The maximum absolute atomic E-state index is 5.98. The van der Waals surface area contributed by atoms with Crippen LogP contribution in [-0.2, 0) is 0 Å². The first kappa shape index (κ1) is 13.8. The highest BCUT2D eigenvalue weighted by Crippen LogP contribution is 2.36. The molecule has 102 valence electrons. The van der Waals surface area contributed by atoms with Gasteiger partial charge in [-0.05, 0) is 44.2 Å². The van der Waals surface area contributed by atoms with Crippen molar-refractivity contribution in [1.29, 1.82) is 0 Å². The molecule has 0 amide bonds. The monoisotopic (exact) mass is 276 g/mol. The van der Waals surface area contributed by atoms with Crippen molar-refractivity contribution in [3.8, 4) is 11.1 Å². The van der Waals surface area contributed by atoms with Crippen molar-refractivity contribution in [2.24, 2.45) is 0 Å². The van der Waals surface area contributed by atoms with E-state index in [0.717, 1.165) is 35.6 Å². The van der Waals surface area contributed by atoms with Crippen LogP contribution in [0, 0.1) is 0 Å². The Kier molecular flexibility index (Phi) is 4.76. The third-order valence-corrected chi connectivity index (χ3v) is 3.67. The van der Waals surface area contributed by atoms with E-state index in [1.807, 2.05) is 18.2 Å². The van der Waals surface area contributed by atoms with Crippen molar-refractivity contribution >= 4 is 22.4 Å². The lowest BCUT2D eigenvalue weighted by molar-refractivity contribution is 0.405. The summed E-state index contributed by atoms with van der Waals surface area (Å²) in [5, 5.41) is 4.50. The molecule has 1 aromatic heterocycles. The predicted octanol–water partition coefficient (Wildman–Crippen LogP) is 2.76. The zero-order valence-electron chi connectivity index (χ0n) is 11.4. The molecule has 0 aliphatic rings. The van der Waals surface area contributed by atoms with Crippen LogP contribution in [0.15, 0.2) is 30.3 Å². The second-order valence-electron chi connectivity index (χ2n) is 4.72. The zero-order chi connectivity index (χ0) is 13.7. The molecular weight excluding hydrogens is 256 g/mol. The van der Waals surface area contributed by atoms with Crippen molar-refractivity contribution in [1.82, 2.24) is 9.27 Å². The molecule has 3 N–H and O–H groups in total. The first-order valence-corrected chi connectivity index (χ1v) is 7.15. The first-order chi connectivity index (χ1) is 9.18. The van der Waals surface area contributed by atoms with Gasteiger partial charge in [0.1, 0.15) is 10.8 Å². The van der Waals surface area contributed by atoms with E-state index in [1.165, 1.54) is 11.5 Å². The maximum atomic E-state index is 5.98. The van der Waals surface area contributed by atoms with Crippen LogP contribution in [-0.4, -0.2) is 36.5 Å². The van der Waals surface area contributed by atoms with Gasteiger partial charge in [-0.1, -0.05) is 30.3 Å². The summed E-state index contributed by atoms with van der Waals surface area (Å²) in [4.78, 5) is 2.18. The number of nitrogens with two attached hydrogens (primary N) is 1. The summed E-state index contributed by atoms with van der Waals surface area (Å²) < 4.78 is 4.25. The Balaban J connectivity index is 2.06. The Morgan fingerprint density at radius 1 is 1.26 bits per heavy atom. The summed E-state index contributed by atoms with van der Waals surface area (Å²) >= 11 is 1.43. The summed E-state index contributed by atoms with van der Waals surface area (Å²) in [6.45, 7) is 2.00. The lowest BCUT2D eigenvalue weighted by atomic mass is 10.1. The maximum Gasteiger partial charge on any atom is 0.147 e. The number of hydrogen-bond acceptors (Lipinski definition) is 5. The molecule has 0 saturated carbocycles. The molecule has 0 unspecified atom stereocenters. The number of aromatic nitrogens is 1. The number of hydrogen-bond donors (Lipinski definition) is 2. The third-order valence-electron chi connectivity index (χ3n) is 2.85. The van der Waals surface area contributed by atoms with E-state index in [9.17, 15) is 0 Å². The van der Waals surface area contributed by atoms with E-state index in [1.54, 1.807) is 0 Å². The van der Waals surface area contributed by atoms with E-state index in [4.69, 9.17) is 5.73 Å². The van der Waals surface area contributed by atoms with Crippen LogP contribution >= 0.6 is 11.5 Å². The lowest BCUT2D eigenvalue weighted by Gasteiger charge is -2.10. The van der Waals surface area contributed by atoms with Gasteiger partial charge >= 0.3 is 0 Å². The SMILES string of the molecule is CN(C)CCCNc1snc(N)c1-c1ccccc1. The summed E-state index contributed by atoms with van der Waals surface area (Å²) in [5.41, 5.74) is 8.12. The van der Waals surface area contributed by atoms with E-state index in [2.05, 4.69) is 40.8 Å². The summed E-state index contributed by atoms with van der Waals surface area (Å²) in [5.74, 6) is 0.603. The third kappa shape index (κ3) is 3.68. The number of anilines is 2. The van der Waals surface area contributed by atoms with Gasteiger partial charge in [0.25, 0.3) is 0 Å². The molecular formula is C14H20N4S. The molecule has 0 aliphatic heterocycles. The van der Waals surface area contributed by atoms with Crippen molar-refractivity contribution in [3.63, 3.8) is 0 Å². The molecule has 5 heteroatoms. The van der Waals surface area contributed by atoms with E-state index < -0.39 is 0 Å². The second-order valence-corrected chi connectivity index (χ2v) is 5.49. The number of benzene rings is 1. The molecule has 19 heavy (non-hydrogen) atoms. The average Bonchev–Trinajstić information content (AvgIpc) is 2.77. The number of nitrogen functional groups attached to an aromatic ring is 1. The van der Waals surface area contributed by atoms with Crippen LogP contribution in [0.3, 0.4) is 0 Å². The van der Waals surface area contributed by atoms with Crippen molar-refractivity contribution < 1.29 is 0 Å². The molecule has 2 aromatic rings. The molecule has 0 aliphatic carbocycles.